The number of hydrogen-bond acceptors (Lipinski definition) is 3. The molecule has 100 valence electrons. The zero-order valence-corrected chi connectivity index (χ0v) is 15.4. The van der Waals surface area contributed by atoms with Crippen LogP contribution in [0.1, 0.15) is 15.9 Å². The lowest BCUT2D eigenvalue weighted by Gasteiger charge is -2.06. The Bertz CT molecular complexity index is 622. The molecule has 0 atom stereocenters. The van der Waals surface area contributed by atoms with Crippen molar-refractivity contribution in [3.63, 3.8) is 0 Å². The second-order valence-electron chi connectivity index (χ2n) is 3.80. The smallest absolute Gasteiger partial charge is 0.169 e. The lowest BCUT2D eigenvalue weighted by molar-refractivity contribution is 0.0992. The fourth-order valence-corrected chi connectivity index (χ4v) is 4.85. The standard InChI is InChI=1S/C13H9Br3O2S/c1-18-8-2-3-10(14)7(4-8)5-11(17)9-6-12(15)19-13(9)16/h2-4,6H,5H2,1H3. The molecule has 0 aliphatic carbocycles. The summed E-state index contributed by atoms with van der Waals surface area (Å²) in [5.74, 6) is 0.819. The van der Waals surface area contributed by atoms with Crippen molar-refractivity contribution in [2.75, 3.05) is 7.11 Å². The van der Waals surface area contributed by atoms with Crippen molar-refractivity contribution in [3.8, 4) is 5.75 Å². The minimum absolute atomic E-state index is 0.0720. The fourth-order valence-electron chi connectivity index (χ4n) is 1.61. The van der Waals surface area contributed by atoms with Crippen LogP contribution >= 0.6 is 59.1 Å². The number of Topliss-reactive ketones (excluding diaryl/α,β-unsaturated/α-hetero) is 1. The number of thiophene rings is 1. The average Bonchev–Trinajstić information content (AvgIpc) is 2.71. The van der Waals surface area contributed by atoms with Crippen molar-refractivity contribution in [1.82, 2.24) is 0 Å². The van der Waals surface area contributed by atoms with Gasteiger partial charge in [0.2, 0.25) is 0 Å². The van der Waals surface area contributed by atoms with Crippen molar-refractivity contribution in [2.45, 2.75) is 6.42 Å². The fraction of sp³-hybridized carbons (Fsp3) is 0.154. The van der Waals surface area contributed by atoms with Crippen LogP contribution in [0.4, 0.5) is 0 Å². The van der Waals surface area contributed by atoms with Crippen LogP contribution in [-0.2, 0) is 6.42 Å². The highest BCUT2D eigenvalue weighted by atomic mass is 79.9. The number of rotatable bonds is 4. The summed E-state index contributed by atoms with van der Waals surface area (Å²) in [7, 11) is 1.61. The van der Waals surface area contributed by atoms with E-state index in [2.05, 4.69) is 47.8 Å². The highest BCUT2D eigenvalue weighted by Gasteiger charge is 2.15. The summed E-state index contributed by atoms with van der Waals surface area (Å²) in [6.45, 7) is 0. The molecule has 19 heavy (non-hydrogen) atoms. The van der Waals surface area contributed by atoms with Gasteiger partial charge < -0.3 is 4.74 Å². The van der Waals surface area contributed by atoms with Gasteiger partial charge in [-0.1, -0.05) is 15.9 Å². The Morgan fingerprint density at radius 1 is 1.26 bits per heavy atom. The van der Waals surface area contributed by atoms with Gasteiger partial charge in [-0.2, -0.15) is 0 Å². The van der Waals surface area contributed by atoms with E-state index in [1.807, 2.05) is 24.3 Å². The summed E-state index contributed by atoms with van der Waals surface area (Å²) in [5, 5.41) is 0. The maximum absolute atomic E-state index is 12.3. The van der Waals surface area contributed by atoms with E-state index < -0.39 is 0 Å². The molecule has 0 unspecified atom stereocenters. The molecule has 0 saturated heterocycles. The Balaban J connectivity index is 2.26. The zero-order valence-electron chi connectivity index (χ0n) is 9.88. The Morgan fingerprint density at radius 3 is 2.58 bits per heavy atom. The molecule has 0 aliphatic heterocycles. The van der Waals surface area contributed by atoms with E-state index in [0.717, 1.165) is 23.4 Å². The van der Waals surface area contributed by atoms with Gasteiger partial charge in [0.15, 0.2) is 5.78 Å². The van der Waals surface area contributed by atoms with Gasteiger partial charge in [0.05, 0.1) is 14.7 Å². The van der Waals surface area contributed by atoms with Crippen LogP contribution in [0.25, 0.3) is 0 Å². The van der Waals surface area contributed by atoms with E-state index in [-0.39, 0.29) is 5.78 Å². The monoisotopic (exact) mass is 466 g/mol. The summed E-state index contributed by atoms with van der Waals surface area (Å²) in [4.78, 5) is 12.3. The molecule has 0 bridgehead atoms. The predicted octanol–water partition coefficient (Wildman–Crippen LogP) is 5.47. The number of benzene rings is 1. The summed E-state index contributed by atoms with van der Waals surface area (Å²) in [6.07, 6.45) is 0.333. The van der Waals surface area contributed by atoms with Crippen molar-refractivity contribution >= 4 is 64.9 Å². The van der Waals surface area contributed by atoms with Gasteiger partial charge in [-0.15, -0.1) is 11.3 Å². The molecule has 1 heterocycles. The topological polar surface area (TPSA) is 26.3 Å². The predicted molar refractivity (Wildman–Crippen MR) is 88.4 cm³/mol. The summed E-state index contributed by atoms with van der Waals surface area (Å²) in [5.41, 5.74) is 1.62. The third kappa shape index (κ3) is 3.68. The van der Waals surface area contributed by atoms with Gasteiger partial charge in [0.1, 0.15) is 5.75 Å². The Labute approximate surface area is 140 Å². The van der Waals surface area contributed by atoms with Crippen molar-refractivity contribution in [2.24, 2.45) is 0 Å². The second-order valence-corrected chi connectivity index (χ2v) is 8.40. The molecule has 0 fully saturated rings. The first kappa shape index (κ1) is 15.2. The quantitative estimate of drug-likeness (QED) is 0.556. The van der Waals surface area contributed by atoms with Gasteiger partial charge in [-0.05, 0) is 61.7 Å². The molecule has 0 saturated carbocycles. The first-order valence-electron chi connectivity index (χ1n) is 5.31. The molecule has 0 amide bonds. The minimum Gasteiger partial charge on any atom is -0.497 e. The molecule has 0 aliphatic rings. The lowest BCUT2D eigenvalue weighted by Crippen LogP contribution is -2.03. The highest BCUT2D eigenvalue weighted by Crippen LogP contribution is 2.33. The van der Waals surface area contributed by atoms with Crippen molar-refractivity contribution < 1.29 is 9.53 Å². The molecule has 2 rings (SSSR count). The first-order chi connectivity index (χ1) is 9.01. The minimum atomic E-state index is 0.0720. The number of carbonyl (C=O) groups is 1. The maximum Gasteiger partial charge on any atom is 0.169 e. The normalized spacial score (nSPS) is 10.5. The Morgan fingerprint density at radius 2 is 2.00 bits per heavy atom. The molecule has 1 aromatic carbocycles. The average molecular weight is 469 g/mol. The van der Waals surface area contributed by atoms with Gasteiger partial charge in [-0.25, -0.2) is 0 Å². The van der Waals surface area contributed by atoms with Crippen LogP contribution in [0, 0.1) is 0 Å². The Kier molecular flexibility index (Phi) is 5.22. The van der Waals surface area contributed by atoms with Gasteiger partial charge in [-0.3, -0.25) is 4.79 Å². The van der Waals surface area contributed by atoms with E-state index in [4.69, 9.17) is 4.74 Å². The van der Waals surface area contributed by atoms with Crippen molar-refractivity contribution in [1.29, 1.82) is 0 Å². The van der Waals surface area contributed by atoms with Gasteiger partial charge >= 0.3 is 0 Å². The SMILES string of the molecule is COc1ccc(Br)c(CC(=O)c2cc(Br)sc2Br)c1. The summed E-state index contributed by atoms with van der Waals surface area (Å²) < 4.78 is 7.88. The zero-order chi connectivity index (χ0) is 14.0. The molecule has 0 N–H and O–H groups in total. The third-order valence-electron chi connectivity index (χ3n) is 2.56. The number of carbonyl (C=O) groups excluding carboxylic acids is 1. The number of methoxy groups -OCH3 is 1. The van der Waals surface area contributed by atoms with Crippen LogP contribution in [0.5, 0.6) is 5.75 Å². The Hall–Kier alpha value is -0.170. The molecule has 6 heteroatoms. The number of hydrogen-bond donors (Lipinski definition) is 0. The van der Waals surface area contributed by atoms with Crippen LogP contribution in [0.3, 0.4) is 0 Å². The summed E-state index contributed by atoms with van der Waals surface area (Å²) in [6, 6.07) is 7.46. The molecule has 2 nitrogen and oxygen atoms in total. The largest absolute Gasteiger partial charge is 0.497 e. The molecular weight excluding hydrogens is 460 g/mol. The highest BCUT2D eigenvalue weighted by molar-refractivity contribution is 9.12. The second kappa shape index (κ2) is 6.52. The van der Waals surface area contributed by atoms with Crippen LogP contribution in [0.2, 0.25) is 0 Å². The van der Waals surface area contributed by atoms with E-state index >= 15 is 0 Å². The van der Waals surface area contributed by atoms with Gasteiger partial charge in [0.25, 0.3) is 0 Å². The number of ether oxygens (including phenoxy) is 1. The molecular formula is C13H9Br3O2S. The van der Waals surface area contributed by atoms with E-state index in [0.29, 0.717) is 12.0 Å². The molecule has 1 aromatic heterocycles. The van der Waals surface area contributed by atoms with E-state index in [1.54, 1.807) is 7.11 Å². The van der Waals surface area contributed by atoms with E-state index in [1.165, 1.54) is 11.3 Å². The lowest BCUT2D eigenvalue weighted by atomic mass is 10.1. The molecule has 0 spiro atoms. The van der Waals surface area contributed by atoms with Crippen LogP contribution in [0.15, 0.2) is 36.3 Å². The maximum atomic E-state index is 12.3. The van der Waals surface area contributed by atoms with Crippen LogP contribution < -0.4 is 4.74 Å². The number of halogens is 3. The summed E-state index contributed by atoms with van der Waals surface area (Å²) >= 11 is 11.7. The molecule has 0 radical (unpaired) electrons. The van der Waals surface area contributed by atoms with Gasteiger partial charge in [0, 0.05) is 16.5 Å². The number of ketones is 1. The van der Waals surface area contributed by atoms with Crippen LogP contribution in [-0.4, -0.2) is 12.9 Å². The first-order valence-corrected chi connectivity index (χ1v) is 8.51. The van der Waals surface area contributed by atoms with Crippen molar-refractivity contribution in [3.05, 3.63) is 47.4 Å². The molecule has 2 aromatic rings. The van der Waals surface area contributed by atoms with E-state index in [9.17, 15) is 4.79 Å². The third-order valence-corrected chi connectivity index (χ3v) is 5.67.